The van der Waals surface area contributed by atoms with E-state index in [2.05, 4.69) is 33.0 Å². The maximum absolute atomic E-state index is 12.7. The maximum atomic E-state index is 12.7. The van der Waals surface area contributed by atoms with E-state index in [4.69, 9.17) is 9.47 Å². The summed E-state index contributed by atoms with van der Waals surface area (Å²) in [5.41, 5.74) is 2.98. The smallest absolute Gasteiger partial charge is 0.323 e. The molecule has 0 spiro atoms. The summed E-state index contributed by atoms with van der Waals surface area (Å²) in [4.78, 5) is 27.5. The first kappa shape index (κ1) is 26.9. The van der Waals surface area contributed by atoms with E-state index in [1.807, 2.05) is 48.5 Å². The fourth-order valence-corrected chi connectivity index (χ4v) is 4.43. The molecule has 1 aliphatic rings. The van der Waals surface area contributed by atoms with Gasteiger partial charge in [-0.3, -0.25) is 9.69 Å². The van der Waals surface area contributed by atoms with Crippen molar-refractivity contribution in [3.63, 3.8) is 0 Å². The molecule has 3 amide bonds. The number of carbonyl (C=O) groups is 2. The molecule has 1 fully saturated rings. The minimum absolute atomic E-state index is 0.0648. The number of nitrogens with zero attached hydrogens (tertiary/aromatic N) is 1. The van der Waals surface area contributed by atoms with Gasteiger partial charge in [0.15, 0.2) is 0 Å². The maximum Gasteiger partial charge on any atom is 0.323 e. The van der Waals surface area contributed by atoms with E-state index in [0.717, 1.165) is 25.4 Å². The van der Waals surface area contributed by atoms with Crippen LogP contribution in [0.4, 0.5) is 16.2 Å². The lowest BCUT2D eigenvalue weighted by atomic mass is 10.1. The zero-order chi connectivity index (χ0) is 27.6. The van der Waals surface area contributed by atoms with Gasteiger partial charge in [-0.05, 0) is 66.2 Å². The molecule has 4 aromatic rings. The van der Waals surface area contributed by atoms with Gasteiger partial charge in [-0.25, -0.2) is 4.79 Å². The molecule has 1 saturated heterocycles. The average molecular weight is 537 g/mol. The number of amides is 3. The molecule has 4 aromatic carbocycles. The Balaban J connectivity index is 1.05. The molecular weight excluding hydrogens is 504 g/mol. The zero-order valence-electron chi connectivity index (χ0n) is 22.1. The largest absolute Gasteiger partial charge is 0.457 e. The molecule has 1 unspecified atom stereocenters. The van der Waals surface area contributed by atoms with Crippen molar-refractivity contribution in [1.82, 2.24) is 10.2 Å². The monoisotopic (exact) mass is 536 g/mol. The van der Waals surface area contributed by atoms with Crippen molar-refractivity contribution < 1.29 is 19.1 Å². The van der Waals surface area contributed by atoms with Crippen molar-refractivity contribution >= 4 is 23.3 Å². The van der Waals surface area contributed by atoms with Crippen LogP contribution in [0.1, 0.15) is 15.9 Å². The number of ether oxygens (including phenoxy) is 2. The van der Waals surface area contributed by atoms with Gasteiger partial charge in [-0.2, -0.15) is 0 Å². The van der Waals surface area contributed by atoms with E-state index in [9.17, 15) is 9.59 Å². The van der Waals surface area contributed by atoms with Gasteiger partial charge in [-0.15, -0.1) is 0 Å². The quantitative estimate of drug-likeness (QED) is 0.253. The third-order valence-corrected chi connectivity index (χ3v) is 6.46. The van der Waals surface area contributed by atoms with E-state index in [1.54, 1.807) is 48.5 Å². The Labute approximate surface area is 233 Å². The number of urea groups is 1. The highest BCUT2D eigenvalue weighted by Gasteiger charge is 2.21. The minimum Gasteiger partial charge on any atom is -0.457 e. The van der Waals surface area contributed by atoms with E-state index in [-0.39, 0.29) is 18.0 Å². The predicted molar refractivity (Wildman–Crippen MR) is 156 cm³/mol. The molecule has 0 saturated carbocycles. The fraction of sp³-hybridized carbons (Fsp3) is 0.188. The highest BCUT2D eigenvalue weighted by Crippen LogP contribution is 2.23. The Bertz CT molecular complexity index is 1380. The highest BCUT2D eigenvalue weighted by atomic mass is 16.5. The van der Waals surface area contributed by atoms with Crippen LogP contribution in [0, 0.1) is 0 Å². The van der Waals surface area contributed by atoms with Crippen molar-refractivity contribution in [2.45, 2.75) is 12.6 Å². The van der Waals surface area contributed by atoms with Crippen LogP contribution in [0.2, 0.25) is 0 Å². The second-order valence-corrected chi connectivity index (χ2v) is 9.52. The molecule has 0 bridgehead atoms. The molecule has 5 rings (SSSR count). The average Bonchev–Trinajstić information content (AvgIpc) is 2.98. The molecule has 0 aromatic heterocycles. The molecule has 0 radical (unpaired) electrons. The van der Waals surface area contributed by atoms with Crippen molar-refractivity contribution in [3.05, 3.63) is 120 Å². The van der Waals surface area contributed by atoms with E-state index < -0.39 is 0 Å². The van der Waals surface area contributed by atoms with E-state index in [1.165, 1.54) is 5.56 Å². The van der Waals surface area contributed by atoms with E-state index in [0.29, 0.717) is 35.8 Å². The zero-order valence-corrected chi connectivity index (χ0v) is 22.1. The molecule has 0 aliphatic carbocycles. The summed E-state index contributed by atoms with van der Waals surface area (Å²) < 4.78 is 11.6. The van der Waals surface area contributed by atoms with Gasteiger partial charge < -0.3 is 25.4 Å². The number of hydrogen-bond acceptors (Lipinski definition) is 5. The van der Waals surface area contributed by atoms with Gasteiger partial charge >= 0.3 is 6.03 Å². The lowest BCUT2D eigenvalue weighted by Crippen LogP contribution is -2.47. The van der Waals surface area contributed by atoms with Crippen LogP contribution in [0.5, 0.6) is 11.5 Å². The lowest BCUT2D eigenvalue weighted by molar-refractivity contribution is -0.0292. The summed E-state index contributed by atoms with van der Waals surface area (Å²) in [7, 11) is 0. The number of para-hydroxylation sites is 1. The number of hydrogen-bond donors (Lipinski definition) is 3. The Morgan fingerprint density at radius 3 is 2.05 bits per heavy atom. The molecule has 8 heteroatoms. The first-order valence-corrected chi connectivity index (χ1v) is 13.3. The normalized spacial score (nSPS) is 15.2. The highest BCUT2D eigenvalue weighted by molar-refractivity contribution is 6.00. The van der Waals surface area contributed by atoms with Crippen molar-refractivity contribution in [2.75, 3.05) is 36.9 Å². The fourth-order valence-electron chi connectivity index (χ4n) is 4.43. The second kappa shape index (κ2) is 13.4. The van der Waals surface area contributed by atoms with Crippen molar-refractivity contribution in [1.29, 1.82) is 0 Å². The van der Waals surface area contributed by atoms with Gasteiger partial charge in [0.05, 0.1) is 12.7 Å². The second-order valence-electron chi connectivity index (χ2n) is 9.52. The van der Waals surface area contributed by atoms with Gasteiger partial charge in [-0.1, -0.05) is 48.5 Å². The molecule has 1 heterocycles. The number of carbonyl (C=O) groups excluding carboxylic acids is 2. The first-order valence-electron chi connectivity index (χ1n) is 13.3. The van der Waals surface area contributed by atoms with Crippen LogP contribution in [-0.4, -0.2) is 49.2 Å². The molecule has 8 nitrogen and oxygen atoms in total. The predicted octanol–water partition coefficient (Wildman–Crippen LogP) is 5.75. The molecule has 1 aliphatic heterocycles. The number of morpholine rings is 1. The van der Waals surface area contributed by atoms with Crippen LogP contribution >= 0.6 is 0 Å². The summed E-state index contributed by atoms with van der Waals surface area (Å²) in [6.45, 7) is 3.57. The number of benzene rings is 4. The number of rotatable bonds is 9. The van der Waals surface area contributed by atoms with Crippen molar-refractivity contribution in [2.24, 2.45) is 0 Å². The van der Waals surface area contributed by atoms with Crippen LogP contribution in [0.3, 0.4) is 0 Å². The summed E-state index contributed by atoms with van der Waals surface area (Å²) in [5.74, 6) is 1.23. The molecular formula is C32H32N4O4. The Morgan fingerprint density at radius 2 is 1.38 bits per heavy atom. The molecule has 40 heavy (non-hydrogen) atoms. The Kier molecular flexibility index (Phi) is 9.03. The minimum atomic E-state index is -0.386. The lowest BCUT2D eigenvalue weighted by Gasteiger charge is -2.33. The van der Waals surface area contributed by atoms with Crippen molar-refractivity contribution in [3.8, 4) is 11.5 Å². The molecule has 3 N–H and O–H groups in total. The third kappa shape index (κ3) is 7.92. The summed E-state index contributed by atoms with van der Waals surface area (Å²) in [5, 5.41) is 8.54. The SMILES string of the molecule is O=C(Nc1ccc(Oc2ccccc2)cc1)Nc1ccc(C(=O)NCC2CN(Cc3ccccc3)CCO2)cc1. The van der Waals surface area contributed by atoms with Gasteiger partial charge in [0, 0.05) is 43.1 Å². The van der Waals surface area contributed by atoms with Gasteiger partial charge in [0.25, 0.3) is 5.91 Å². The van der Waals surface area contributed by atoms with Crippen LogP contribution in [-0.2, 0) is 11.3 Å². The third-order valence-electron chi connectivity index (χ3n) is 6.46. The molecule has 1 atom stereocenters. The van der Waals surface area contributed by atoms with E-state index >= 15 is 0 Å². The van der Waals surface area contributed by atoms with Gasteiger partial charge in [0.2, 0.25) is 0 Å². The summed E-state index contributed by atoms with van der Waals surface area (Å²) in [6.07, 6.45) is -0.0648. The van der Waals surface area contributed by atoms with Crippen LogP contribution in [0.15, 0.2) is 109 Å². The number of anilines is 2. The summed E-state index contributed by atoms with van der Waals surface area (Å²) in [6, 6.07) is 33.3. The van der Waals surface area contributed by atoms with Gasteiger partial charge in [0.1, 0.15) is 11.5 Å². The van der Waals surface area contributed by atoms with Crippen LogP contribution < -0.4 is 20.7 Å². The van der Waals surface area contributed by atoms with Crippen LogP contribution in [0.25, 0.3) is 0 Å². The summed E-state index contributed by atoms with van der Waals surface area (Å²) >= 11 is 0. The topological polar surface area (TPSA) is 91.9 Å². The number of nitrogens with one attached hydrogen (secondary N) is 3. The molecule has 204 valence electrons. The standard InChI is InChI=1S/C32H32N4O4/c37-31(33-21-30-23-36(19-20-39-30)22-24-7-3-1-4-8-24)25-11-13-26(14-12-25)34-32(38)35-27-15-17-29(18-16-27)40-28-9-5-2-6-10-28/h1-18,30H,19-23H2,(H,33,37)(H2,34,35,38). The first-order chi connectivity index (χ1) is 19.6. The Hall–Kier alpha value is -4.66. The Morgan fingerprint density at radius 1 is 0.775 bits per heavy atom.